The number of nitrogens with one attached hydrogen (secondary N) is 1. The van der Waals surface area contributed by atoms with Gasteiger partial charge < -0.3 is 14.3 Å². The molecule has 2 heterocycles. The summed E-state index contributed by atoms with van der Waals surface area (Å²) >= 11 is 0. The minimum atomic E-state index is -0.167. The molecule has 4 aromatic rings. The predicted octanol–water partition coefficient (Wildman–Crippen LogP) is 5.10. The molecule has 2 aromatic heterocycles. The maximum absolute atomic E-state index is 12.7. The Bertz CT molecular complexity index is 1220. The van der Waals surface area contributed by atoms with Gasteiger partial charge in [-0.15, -0.1) is 10.2 Å². The van der Waals surface area contributed by atoms with Gasteiger partial charge in [-0.3, -0.25) is 4.79 Å². The minimum absolute atomic E-state index is 0.148. The van der Waals surface area contributed by atoms with E-state index in [1.165, 1.54) is 0 Å². The van der Waals surface area contributed by atoms with E-state index >= 15 is 0 Å². The summed E-state index contributed by atoms with van der Waals surface area (Å²) in [5, 5.41) is 15.2. The zero-order valence-corrected chi connectivity index (χ0v) is 18.5. The van der Waals surface area contributed by atoms with Crippen LogP contribution in [0.1, 0.15) is 49.0 Å². The molecule has 1 N–H and O–H groups in total. The molecule has 0 bridgehead atoms. The van der Waals surface area contributed by atoms with Crippen molar-refractivity contribution in [3.63, 3.8) is 0 Å². The summed E-state index contributed by atoms with van der Waals surface area (Å²) in [6.07, 6.45) is 0.536. The molecule has 32 heavy (non-hydrogen) atoms. The Kier molecular flexibility index (Phi) is 6.11. The average molecular weight is 431 g/mol. The Morgan fingerprint density at radius 3 is 2.53 bits per heavy atom. The number of para-hydroxylation sites is 1. The normalized spacial score (nSPS) is 11.2. The number of aromatic nitrogens is 4. The lowest BCUT2D eigenvalue weighted by Crippen LogP contribution is -2.14. The van der Waals surface area contributed by atoms with Crippen molar-refractivity contribution in [1.29, 1.82) is 0 Å². The summed E-state index contributed by atoms with van der Waals surface area (Å²) in [6.45, 7) is 7.93. The lowest BCUT2D eigenvalue weighted by atomic mass is 10.1. The van der Waals surface area contributed by atoms with E-state index in [4.69, 9.17) is 8.94 Å². The summed E-state index contributed by atoms with van der Waals surface area (Å²) in [7, 11) is 0. The van der Waals surface area contributed by atoms with E-state index in [-0.39, 0.29) is 18.2 Å². The van der Waals surface area contributed by atoms with Crippen molar-refractivity contribution in [2.45, 2.75) is 46.5 Å². The SMILES string of the molecule is Cc1ccc(-c2nnc(CCC(=O)Nc3c(C)cccc3-c3nc(C(C)C)no3)o2)cc1. The highest BCUT2D eigenvalue weighted by atomic mass is 16.5. The molecular formula is C24H25N5O3. The van der Waals surface area contributed by atoms with E-state index in [2.05, 4.69) is 25.7 Å². The highest BCUT2D eigenvalue weighted by Gasteiger charge is 2.18. The number of benzene rings is 2. The van der Waals surface area contributed by atoms with Gasteiger partial charge in [-0.2, -0.15) is 4.98 Å². The fraction of sp³-hybridized carbons (Fsp3) is 0.292. The van der Waals surface area contributed by atoms with Gasteiger partial charge in [0.1, 0.15) is 0 Å². The van der Waals surface area contributed by atoms with E-state index in [0.717, 1.165) is 16.7 Å². The summed E-state index contributed by atoms with van der Waals surface area (Å²) in [5.74, 6) is 1.85. The van der Waals surface area contributed by atoms with Crippen LogP contribution < -0.4 is 5.32 Å². The van der Waals surface area contributed by atoms with Crippen molar-refractivity contribution in [3.05, 3.63) is 65.3 Å². The molecule has 0 unspecified atom stereocenters. The number of hydrogen-bond acceptors (Lipinski definition) is 7. The van der Waals surface area contributed by atoms with Crippen LogP contribution in [-0.2, 0) is 11.2 Å². The first-order valence-corrected chi connectivity index (χ1v) is 10.5. The Hall–Kier alpha value is -3.81. The van der Waals surface area contributed by atoms with Gasteiger partial charge >= 0.3 is 0 Å². The highest BCUT2D eigenvalue weighted by Crippen LogP contribution is 2.30. The molecule has 0 saturated heterocycles. The molecule has 0 aliphatic carbocycles. The molecule has 8 nitrogen and oxygen atoms in total. The summed E-state index contributed by atoms with van der Waals surface area (Å²) in [6, 6.07) is 13.5. The molecule has 0 saturated carbocycles. The molecule has 4 rings (SSSR count). The molecule has 0 spiro atoms. The zero-order chi connectivity index (χ0) is 22.7. The molecule has 0 radical (unpaired) electrons. The monoisotopic (exact) mass is 431 g/mol. The van der Waals surface area contributed by atoms with Crippen LogP contribution in [0, 0.1) is 13.8 Å². The third-order valence-electron chi connectivity index (χ3n) is 5.06. The number of anilines is 1. The number of aryl methyl sites for hydroxylation is 3. The van der Waals surface area contributed by atoms with Crippen LogP contribution in [0.15, 0.2) is 51.4 Å². The maximum atomic E-state index is 12.7. The second-order valence-electron chi connectivity index (χ2n) is 8.03. The van der Waals surface area contributed by atoms with Gasteiger partial charge in [-0.1, -0.05) is 48.8 Å². The van der Waals surface area contributed by atoms with Gasteiger partial charge in [0.2, 0.25) is 17.7 Å². The molecular weight excluding hydrogens is 406 g/mol. The van der Waals surface area contributed by atoms with Crippen LogP contribution >= 0.6 is 0 Å². The van der Waals surface area contributed by atoms with Crippen LogP contribution in [0.5, 0.6) is 0 Å². The number of carbonyl (C=O) groups is 1. The molecule has 0 aliphatic heterocycles. The zero-order valence-electron chi connectivity index (χ0n) is 18.5. The largest absolute Gasteiger partial charge is 0.421 e. The Labute approximate surface area is 186 Å². The number of hydrogen-bond donors (Lipinski definition) is 1. The van der Waals surface area contributed by atoms with Crippen LogP contribution in [-0.4, -0.2) is 26.2 Å². The van der Waals surface area contributed by atoms with Gasteiger partial charge in [0, 0.05) is 24.3 Å². The summed E-state index contributed by atoms with van der Waals surface area (Å²) in [4.78, 5) is 17.1. The van der Waals surface area contributed by atoms with Crippen LogP contribution in [0.4, 0.5) is 5.69 Å². The number of amides is 1. The highest BCUT2D eigenvalue weighted by molar-refractivity contribution is 5.95. The predicted molar refractivity (Wildman–Crippen MR) is 120 cm³/mol. The Morgan fingerprint density at radius 2 is 1.81 bits per heavy atom. The lowest BCUT2D eigenvalue weighted by molar-refractivity contribution is -0.116. The van der Waals surface area contributed by atoms with Crippen molar-refractivity contribution in [1.82, 2.24) is 20.3 Å². The van der Waals surface area contributed by atoms with Gasteiger partial charge in [0.15, 0.2) is 5.82 Å². The molecule has 164 valence electrons. The van der Waals surface area contributed by atoms with Crippen molar-refractivity contribution in [2.75, 3.05) is 5.32 Å². The third-order valence-corrected chi connectivity index (χ3v) is 5.06. The van der Waals surface area contributed by atoms with Gasteiger partial charge in [-0.25, -0.2) is 0 Å². The van der Waals surface area contributed by atoms with E-state index < -0.39 is 0 Å². The standard InChI is InChI=1S/C24H25N5O3/c1-14(2)22-26-24(32-29-22)18-7-5-6-16(4)21(18)25-19(30)12-13-20-27-28-23(31-20)17-10-8-15(3)9-11-17/h5-11,14H,12-13H2,1-4H3,(H,25,30). The van der Waals surface area contributed by atoms with E-state index in [1.807, 2.05) is 70.2 Å². The van der Waals surface area contributed by atoms with Gasteiger partial charge in [-0.05, 0) is 37.6 Å². The first-order chi connectivity index (χ1) is 15.4. The molecule has 0 fully saturated rings. The second kappa shape index (κ2) is 9.13. The van der Waals surface area contributed by atoms with Crippen LogP contribution in [0.3, 0.4) is 0 Å². The molecule has 0 atom stereocenters. The molecule has 0 aliphatic rings. The fourth-order valence-electron chi connectivity index (χ4n) is 3.18. The molecule has 8 heteroatoms. The molecule has 2 aromatic carbocycles. The van der Waals surface area contributed by atoms with Crippen molar-refractivity contribution < 1.29 is 13.7 Å². The number of carbonyl (C=O) groups excluding carboxylic acids is 1. The average Bonchev–Trinajstić information content (AvgIpc) is 3.44. The minimum Gasteiger partial charge on any atom is -0.421 e. The van der Waals surface area contributed by atoms with E-state index in [1.54, 1.807) is 0 Å². The van der Waals surface area contributed by atoms with Crippen LogP contribution in [0.25, 0.3) is 22.9 Å². The maximum Gasteiger partial charge on any atom is 0.260 e. The lowest BCUT2D eigenvalue weighted by Gasteiger charge is -2.11. The van der Waals surface area contributed by atoms with Crippen molar-refractivity contribution >= 4 is 11.6 Å². The number of rotatable bonds is 7. The van der Waals surface area contributed by atoms with Crippen LogP contribution in [0.2, 0.25) is 0 Å². The van der Waals surface area contributed by atoms with Gasteiger partial charge in [0.05, 0.1) is 11.3 Å². The second-order valence-corrected chi connectivity index (χ2v) is 8.03. The van der Waals surface area contributed by atoms with Gasteiger partial charge in [0.25, 0.3) is 5.89 Å². The quantitative estimate of drug-likeness (QED) is 0.434. The third kappa shape index (κ3) is 4.74. The Balaban J connectivity index is 1.44. The van der Waals surface area contributed by atoms with Crippen molar-refractivity contribution in [3.8, 4) is 22.9 Å². The topological polar surface area (TPSA) is 107 Å². The Morgan fingerprint density at radius 1 is 1.03 bits per heavy atom. The summed E-state index contributed by atoms with van der Waals surface area (Å²) in [5.41, 5.74) is 4.25. The number of nitrogens with zero attached hydrogens (tertiary/aromatic N) is 4. The first-order valence-electron chi connectivity index (χ1n) is 10.5. The van der Waals surface area contributed by atoms with E-state index in [0.29, 0.717) is 41.2 Å². The smallest absolute Gasteiger partial charge is 0.260 e. The summed E-state index contributed by atoms with van der Waals surface area (Å²) < 4.78 is 11.1. The molecule has 1 amide bonds. The van der Waals surface area contributed by atoms with Crippen molar-refractivity contribution in [2.24, 2.45) is 0 Å². The van der Waals surface area contributed by atoms with E-state index in [9.17, 15) is 4.79 Å². The fourth-order valence-corrected chi connectivity index (χ4v) is 3.18. The first kappa shape index (κ1) is 21.4.